The molecule has 2 heterocycles. The Morgan fingerprint density at radius 3 is 3.06 bits per heavy atom. The molecule has 2 saturated heterocycles. The monoisotopic (exact) mass is 255 g/mol. The number of nitrogens with zero attached hydrogens (tertiary/aromatic N) is 1. The maximum Gasteiger partial charge on any atom is 0.239 e. The third-order valence-electron chi connectivity index (χ3n) is 3.98. The van der Waals surface area contributed by atoms with Crippen molar-refractivity contribution in [2.24, 2.45) is 5.92 Å². The minimum atomic E-state index is -0.192. The van der Waals surface area contributed by atoms with Crippen LogP contribution in [0.2, 0.25) is 0 Å². The fourth-order valence-electron chi connectivity index (χ4n) is 2.75. The molecule has 0 bridgehead atoms. The number of carbonyl (C=O) groups is 1. The highest BCUT2D eigenvalue weighted by Crippen LogP contribution is 2.14. The van der Waals surface area contributed by atoms with Gasteiger partial charge in [-0.05, 0) is 32.4 Å². The minimum Gasteiger partial charge on any atom is -0.375 e. The summed E-state index contributed by atoms with van der Waals surface area (Å²) >= 11 is 0. The van der Waals surface area contributed by atoms with Crippen molar-refractivity contribution in [2.75, 3.05) is 39.3 Å². The molecule has 0 aromatic heterocycles. The molecule has 18 heavy (non-hydrogen) atoms. The molecule has 3 atom stereocenters. The minimum absolute atomic E-state index is 0.0329. The van der Waals surface area contributed by atoms with Crippen LogP contribution in [0.5, 0.6) is 0 Å². The Hall–Kier alpha value is -0.650. The van der Waals surface area contributed by atoms with Gasteiger partial charge >= 0.3 is 0 Å². The van der Waals surface area contributed by atoms with Crippen LogP contribution in [0, 0.1) is 5.92 Å². The van der Waals surface area contributed by atoms with E-state index in [1.807, 2.05) is 6.92 Å². The summed E-state index contributed by atoms with van der Waals surface area (Å²) in [5.41, 5.74) is 0. The van der Waals surface area contributed by atoms with Gasteiger partial charge in [-0.1, -0.05) is 6.92 Å². The molecule has 2 aliphatic heterocycles. The number of nitrogens with one attached hydrogen (secondary N) is 2. The van der Waals surface area contributed by atoms with Crippen molar-refractivity contribution < 1.29 is 9.53 Å². The number of amides is 1. The van der Waals surface area contributed by atoms with E-state index in [-0.39, 0.29) is 18.1 Å². The van der Waals surface area contributed by atoms with Crippen LogP contribution >= 0.6 is 0 Å². The number of hydrogen-bond acceptors (Lipinski definition) is 4. The average Bonchev–Trinajstić information content (AvgIpc) is 2.84. The van der Waals surface area contributed by atoms with Crippen molar-refractivity contribution in [2.45, 2.75) is 32.4 Å². The molecule has 0 aliphatic carbocycles. The number of rotatable bonds is 4. The molecular formula is C13H25N3O2. The molecule has 0 saturated carbocycles. The lowest BCUT2D eigenvalue weighted by Gasteiger charge is -2.29. The van der Waals surface area contributed by atoms with E-state index in [9.17, 15) is 4.79 Å². The van der Waals surface area contributed by atoms with Gasteiger partial charge in [0.2, 0.25) is 5.91 Å². The van der Waals surface area contributed by atoms with Crippen LogP contribution in [0.15, 0.2) is 0 Å². The quantitative estimate of drug-likeness (QED) is 0.732. The molecule has 5 nitrogen and oxygen atoms in total. The first-order valence-corrected chi connectivity index (χ1v) is 7.05. The van der Waals surface area contributed by atoms with Gasteiger partial charge in [0, 0.05) is 19.6 Å². The van der Waals surface area contributed by atoms with Gasteiger partial charge in [-0.3, -0.25) is 4.79 Å². The van der Waals surface area contributed by atoms with Crippen LogP contribution in [-0.2, 0) is 9.53 Å². The Balaban J connectivity index is 1.71. The summed E-state index contributed by atoms with van der Waals surface area (Å²) < 4.78 is 5.49. The average molecular weight is 255 g/mol. The Labute approximate surface area is 109 Å². The number of carbonyl (C=O) groups excluding carboxylic acids is 1. The van der Waals surface area contributed by atoms with E-state index in [1.165, 1.54) is 6.42 Å². The Morgan fingerprint density at radius 1 is 1.56 bits per heavy atom. The maximum atomic E-state index is 12.0. The summed E-state index contributed by atoms with van der Waals surface area (Å²) in [4.78, 5) is 14.5. The van der Waals surface area contributed by atoms with Crippen molar-refractivity contribution in [1.82, 2.24) is 15.5 Å². The van der Waals surface area contributed by atoms with Gasteiger partial charge in [0.25, 0.3) is 0 Å². The lowest BCUT2D eigenvalue weighted by molar-refractivity contribution is -0.129. The third-order valence-corrected chi connectivity index (χ3v) is 3.98. The van der Waals surface area contributed by atoms with Gasteiger partial charge in [0.05, 0.1) is 12.7 Å². The zero-order valence-corrected chi connectivity index (χ0v) is 11.4. The van der Waals surface area contributed by atoms with E-state index in [0.29, 0.717) is 12.5 Å². The van der Waals surface area contributed by atoms with E-state index in [0.717, 1.165) is 32.7 Å². The second-order valence-corrected chi connectivity index (χ2v) is 5.30. The number of morpholine rings is 1. The van der Waals surface area contributed by atoms with Crippen molar-refractivity contribution in [3.63, 3.8) is 0 Å². The number of hydrogen-bond donors (Lipinski definition) is 2. The van der Waals surface area contributed by atoms with Gasteiger partial charge in [0.15, 0.2) is 0 Å². The standard InChI is InChI=1S/C13H25N3O2/c1-3-16-6-4-11(9-16)8-15-13(17)12-10(2)18-7-5-14-12/h10-12,14H,3-9H2,1-2H3,(H,15,17)/t10-,11?,12+/m1/s1. The van der Waals surface area contributed by atoms with Gasteiger partial charge in [-0.25, -0.2) is 0 Å². The fourth-order valence-corrected chi connectivity index (χ4v) is 2.75. The summed E-state index contributed by atoms with van der Waals surface area (Å²) in [5.74, 6) is 0.686. The molecule has 1 amide bonds. The van der Waals surface area contributed by atoms with Gasteiger partial charge in [-0.15, -0.1) is 0 Å². The highest BCUT2D eigenvalue weighted by molar-refractivity contribution is 5.82. The number of likely N-dealkylation sites (tertiary alicyclic amines) is 1. The van der Waals surface area contributed by atoms with E-state index < -0.39 is 0 Å². The van der Waals surface area contributed by atoms with Crippen LogP contribution in [0.4, 0.5) is 0 Å². The second kappa shape index (κ2) is 6.50. The predicted molar refractivity (Wildman–Crippen MR) is 70.4 cm³/mol. The normalized spacial score (nSPS) is 33.6. The van der Waals surface area contributed by atoms with E-state index in [4.69, 9.17) is 4.74 Å². The highest BCUT2D eigenvalue weighted by atomic mass is 16.5. The maximum absolute atomic E-state index is 12.0. The Kier molecular flexibility index (Phi) is 4.97. The molecular weight excluding hydrogens is 230 g/mol. The molecule has 0 spiro atoms. The SMILES string of the molecule is CCN1CCC(CNC(=O)[C@H]2NCCO[C@@H]2C)C1. The predicted octanol–water partition coefficient (Wildman–Crippen LogP) is -0.179. The van der Waals surface area contributed by atoms with Gasteiger partial charge < -0.3 is 20.3 Å². The van der Waals surface area contributed by atoms with Crippen LogP contribution in [0.3, 0.4) is 0 Å². The molecule has 0 aromatic rings. The number of ether oxygens (including phenoxy) is 1. The van der Waals surface area contributed by atoms with Crippen molar-refractivity contribution in [1.29, 1.82) is 0 Å². The van der Waals surface area contributed by atoms with E-state index >= 15 is 0 Å². The smallest absolute Gasteiger partial charge is 0.239 e. The Bertz CT molecular complexity index is 285. The van der Waals surface area contributed by atoms with Crippen LogP contribution in [0.25, 0.3) is 0 Å². The summed E-state index contributed by atoms with van der Waals surface area (Å²) in [5, 5.41) is 6.28. The third kappa shape index (κ3) is 3.43. The van der Waals surface area contributed by atoms with Gasteiger partial charge in [-0.2, -0.15) is 0 Å². The topological polar surface area (TPSA) is 53.6 Å². The largest absolute Gasteiger partial charge is 0.375 e. The molecule has 0 aromatic carbocycles. The van der Waals surface area contributed by atoms with Gasteiger partial charge in [0.1, 0.15) is 6.04 Å². The molecule has 2 N–H and O–H groups in total. The molecule has 0 radical (unpaired) electrons. The molecule has 2 fully saturated rings. The first kappa shape index (κ1) is 13.8. The van der Waals surface area contributed by atoms with Crippen LogP contribution in [0.1, 0.15) is 20.3 Å². The molecule has 2 aliphatic rings. The molecule has 5 heteroatoms. The zero-order valence-electron chi connectivity index (χ0n) is 11.4. The molecule has 1 unspecified atom stereocenters. The molecule has 104 valence electrons. The van der Waals surface area contributed by atoms with Crippen molar-refractivity contribution in [3.8, 4) is 0 Å². The lowest BCUT2D eigenvalue weighted by atomic mass is 10.1. The van der Waals surface area contributed by atoms with E-state index in [2.05, 4.69) is 22.5 Å². The zero-order chi connectivity index (χ0) is 13.0. The van der Waals surface area contributed by atoms with Crippen LogP contribution < -0.4 is 10.6 Å². The lowest BCUT2D eigenvalue weighted by Crippen LogP contribution is -2.56. The Morgan fingerprint density at radius 2 is 2.39 bits per heavy atom. The summed E-state index contributed by atoms with van der Waals surface area (Å²) in [6, 6.07) is -0.192. The molecule has 2 rings (SSSR count). The van der Waals surface area contributed by atoms with E-state index in [1.54, 1.807) is 0 Å². The summed E-state index contributed by atoms with van der Waals surface area (Å²) in [6.45, 7) is 9.77. The summed E-state index contributed by atoms with van der Waals surface area (Å²) in [6.07, 6.45) is 1.16. The second-order valence-electron chi connectivity index (χ2n) is 5.30. The van der Waals surface area contributed by atoms with Crippen molar-refractivity contribution >= 4 is 5.91 Å². The highest BCUT2D eigenvalue weighted by Gasteiger charge is 2.29. The first-order chi connectivity index (χ1) is 8.70. The van der Waals surface area contributed by atoms with Crippen molar-refractivity contribution in [3.05, 3.63) is 0 Å². The summed E-state index contributed by atoms with van der Waals surface area (Å²) in [7, 11) is 0. The van der Waals surface area contributed by atoms with Crippen LogP contribution in [-0.4, -0.2) is 62.3 Å². The fraction of sp³-hybridized carbons (Fsp3) is 0.923. The first-order valence-electron chi connectivity index (χ1n) is 7.05.